The molecule has 0 aromatic carbocycles. The van der Waals surface area contributed by atoms with E-state index in [-0.39, 0.29) is 23.9 Å². The lowest BCUT2D eigenvalue weighted by molar-refractivity contribution is -0.117. The first-order chi connectivity index (χ1) is 6.91. The summed E-state index contributed by atoms with van der Waals surface area (Å²) in [6, 6.07) is 0.207. The third-order valence-corrected chi connectivity index (χ3v) is 2.60. The maximum absolute atomic E-state index is 11.7. The van der Waals surface area contributed by atoms with E-state index in [1.54, 1.807) is 0 Å². The van der Waals surface area contributed by atoms with Crippen LogP contribution in [0.4, 0.5) is 0 Å². The van der Waals surface area contributed by atoms with Crippen molar-refractivity contribution in [3.63, 3.8) is 0 Å². The normalized spacial score (nSPS) is 26.0. The summed E-state index contributed by atoms with van der Waals surface area (Å²) in [6.45, 7) is 7.90. The molecule has 15 heavy (non-hydrogen) atoms. The van der Waals surface area contributed by atoms with Gasteiger partial charge in [0.1, 0.15) is 0 Å². The highest BCUT2D eigenvalue weighted by atomic mass is 16.1. The summed E-state index contributed by atoms with van der Waals surface area (Å²) < 4.78 is 0. The summed E-state index contributed by atoms with van der Waals surface area (Å²) in [4.78, 5) is 11.7. The minimum atomic E-state index is -0.0110. The van der Waals surface area contributed by atoms with E-state index in [1.165, 1.54) is 0 Å². The van der Waals surface area contributed by atoms with Crippen LogP contribution < -0.4 is 11.1 Å². The van der Waals surface area contributed by atoms with Crippen LogP contribution in [0.25, 0.3) is 0 Å². The van der Waals surface area contributed by atoms with Crippen molar-refractivity contribution in [2.75, 3.05) is 0 Å². The predicted octanol–water partition coefficient (Wildman–Crippen LogP) is 1.36. The standard InChI is InChI=1S/C12H20N2O/c1-7(2)14-12(15)10-5-8(3)11(13)9(4)6-10/h5-8,11H,13H2,1-4H3,(H,14,15). The SMILES string of the molecule is CC1=CC(C(=O)NC(C)C)=CC(C)C1N. The summed E-state index contributed by atoms with van der Waals surface area (Å²) in [7, 11) is 0. The topological polar surface area (TPSA) is 55.1 Å². The van der Waals surface area contributed by atoms with E-state index < -0.39 is 0 Å². The minimum absolute atomic E-state index is 0.0110. The molecule has 3 N–H and O–H groups in total. The molecular weight excluding hydrogens is 188 g/mol. The van der Waals surface area contributed by atoms with E-state index in [0.717, 1.165) is 11.1 Å². The summed E-state index contributed by atoms with van der Waals surface area (Å²) in [6.07, 6.45) is 3.82. The Labute approximate surface area is 91.4 Å². The van der Waals surface area contributed by atoms with Crippen LogP contribution in [0.3, 0.4) is 0 Å². The lowest BCUT2D eigenvalue weighted by Crippen LogP contribution is -2.35. The van der Waals surface area contributed by atoms with Crippen LogP contribution in [0.5, 0.6) is 0 Å². The highest BCUT2D eigenvalue weighted by Crippen LogP contribution is 2.21. The zero-order chi connectivity index (χ0) is 11.6. The molecule has 0 heterocycles. The molecule has 0 bridgehead atoms. The second kappa shape index (κ2) is 4.62. The molecule has 1 aliphatic carbocycles. The van der Waals surface area contributed by atoms with Crippen molar-refractivity contribution >= 4 is 5.91 Å². The Hall–Kier alpha value is -1.09. The number of amides is 1. The first-order valence-corrected chi connectivity index (χ1v) is 5.38. The molecule has 3 heteroatoms. The molecule has 2 unspecified atom stereocenters. The van der Waals surface area contributed by atoms with Gasteiger partial charge in [-0.05, 0) is 32.8 Å². The molecule has 0 saturated heterocycles. The van der Waals surface area contributed by atoms with Crippen molar-refractivity contribution in [2.45, 2.75) is 39.8 Å². The van der Waals surface area contributed by atoms with Crippen molar-refractivity contribution < 1.29 is 4.79 Å². The van der Waals surface area contributed by atoms with E-state index in [2.05, 4.69) is 5.32 Å². The van der Waals surface area contributed by atoms with Gasteiger partial charge in [-0.25, -0.2) is 0 Å². The van der Waals surface area contributed by atoms with Crippen LogP contribution in [-0.4, -0.2) is 18.0 Å². The van der Waals surface area contributed by atoms with Crippen LogP contribution in [0.2, 0.25) is 0 Å². The predicted molar refractivity (Wildman–Crippen MR) is 62.3 cm³/mol. The molecule has 84 valence electrons. The first kappa shape index (κ1) is 12.0. The lowest BCUT2D eigenvalue weighted by Gasteiger charge is -2.23. The number of hydrogen-bond acceptors (Lipinski definition) is 2. The van der Waals surface area contributed by atoms with Crippen LogP contribution in [0.1, 0.15) is 27.7 Å². The third-order valence-electron chi connectivity index (χ3n) is 2.60. The average Bonchev–Trinajstić information content (AvgIpc) is 2.12. The number of nitrogens with two attached hydrogens (primary N) is 1. The second-order valence-electron chi connectivity index (χ2n) is 4.52. The number of nitrogens with one attached hydrogen (secondary N) is 1. The third kappa shape index (κ3) is 2.93. The fraction of sp³-hybridized carbons (Fsp3) is 0.583. The van der Waals surface area contributed by atoms with Crippen LogP contribution in [-0.2, 0) is 4.79 Å². The first-order valence-electron chi connectivity index (χ1n) is 5.38. The number of hydrogen-bond donors (Lipinski definition) is 2. The Morgan fingerprint density at radius 3 is 2.60 bits per heavy atom. The fourth-order valence-corrected chi connectivity index (χ4v) is 1.68. The summed E-state index contributed by atoms with van der Waals surface area (Å²) >= 11 is 0. The maximum Gasteiger partial charge on any atom is 0.251 e. The van der Waals surface area contributed by atoms with E-state index in [0.29, 0.717) is 0 Å². The van der Waals surface area contributed by atoms with Crippen LogP contribution in [0, 0.1) is 5.92 Å². The smallest absolute Gasteiger partial charge is 0.251 e. The molecule has 0 aliphatic heterocycles. The van der Waals surface area contributed by atoms with Gasteiger partial charge in [0.05, 0.1) is 0 Å². The van der Waals surface area contributed by atoms with Gasteiger partial charge in [-0.15, -0.1) is 0 Å². The average molecular weight is 208 g/mol. The number of carbonyl (C=O) groups is 1. The second-order valence-corrected chi connectivity index (χ2v) is 4.52. The quantitative estimate of drug-likeness (QED) is 0.720. The van der Waals surface area contributed by atoms with Gasteiger partial charge in [0.25, 0.3) is 5.91 Å². The Bertz CT molecular complexity index is 316. The molecule has 0 aromatic heterocycles. The molecule has 0 aromatic rings. The lowest BCUT2D eigenvalue weighted by atomic mass is 9.88. The van der Waals surface area contributed by atoms with Crippen molar-refractivity contribution in [3.05, 3.63) is 23.3 Å². The molecule has 3 nitrogen and oxygen atoms in total. The van der Waals surface area contributed by atoms with Gasteiger partial charge < -0.3 is 11.1 Å². The molecule has 0 saturated carbocycles. The molecule has 1 rings (SSSR count). The molecule has 0 radical (unpaired) electrons. The summed E-state index contributed by atoms with van der Waals surface area (Å²) in [5, 5.41) is 2.88. The molecule has 2 atom stereocenters. The Morgan fingerprint density at radius 2 is 2.13 bits per heavy atom. The van der Waals surface area contributed by atoms with Gasteiger partial charge in [-0.3, -0.25) is 4.79 Å². The Morgan fingerprint density at radius 1 is 1.53 bits per heavy atom. The van der Waals surface area contributed by atoms with E-state index >= 15 is 0 Å². The maximum atomic E-state index is 11.7. The Balaban J connectivity index is 2.80. The van der Waals surface area contributed by atoms with E-state index in [1.807, 2.05) is 39.8 Å². The molecule has 0 spiro atoms. The van der Waals surface area contributed by atoms with Crippen molar-refractivity contribution in [2.24, 2.45) is 11.7 Å². The number of carbonyl (C=O) groups excluding carboxylic acids is 1. The highest BCUT2D eigenvalue weighted by molar-refractivity contribution is 5.96. The van der Waals surface area contributed by atoms with Crippen molar-refractivity contribution in [1.82, 2.24) is 5.32 Å². The van der Waals surface area contributed by atoms with Gasteiger partial charge in [0, 0.05) is 17.7 Å². The largest absolute Gasteiger partial charge is 0.350 e. The highest BCUT2D eigenvalue weighted by Gasteiger charge is 2.20. The van der Waals surface area contributed by atoms with Crippen molar-refractivity contribution in [3.8, 4) is 0 Å². The number of rotatable bonds is 2. The van der Waals surface area contributed by atoms with Gasteiger partial charge in [0.2, 0.25) is 0 Å². The van der Waals surface area contributed by atoms with Gasteiger partial charge in [0.15, 0.2) is 0 Å². The monoisotopic (exact) mass is 208 g/mol. The zero-order valence-electron chi connectivity index (χ0n) is 9.87. The van der Waals surface area contributed by atoms with Crippen LogP contribution in [0.15, 0.2) is 23.3 Å². The zero-order valence-corrected chi connectivity index (χ0v) is 9.87. The Kier molecular flexibility index (Phi) is 3.69. The molecule has 1 aliphatic rings. The fourth-order valence-electron chi connectivity index (χ4n) is 1.68. The van der Waals surface area contributed by atoms with Gasteiger partial charge in [-0.2, -0.15) is 0 Å². The molecular formula is C12H20N2O. The minimum Gasteiger partial charge on any atom is -0.350 e. The van der Waals surface area contributed by atoms with Gasteiger partial charge in [-0.1, -0.05) is 18.6 Å². The van der Waals surface area contributed by atoms with Crippen molar-refractivity contribution in [1.29, 1.82) is 0 Å². The summed E-state index contributed by atoms with van der Waals surface area (Å²) in [5.74, 6) is 0.214. The van der Waals surface area contributed by atoms with E-state index in [9.17, 15) is 4.79 Å². The van der Waals surface area contributed by atoms with Crippen LogP contribution >= 0.6 is 0 Å². The van der Waals surface area contributed by atoms with Gasteiger partial charge >= 0.3 is 0 Å². The molecule has 1 amide bonds. The molecule has 0 fully saturated rings. The van der Waals surface area contributed by atoms with E-state index in [4.69, 9.17) is 5.73 Å². The summed E-state index contributed by atoms with van der Waals surface area (Å²) in [5.41, 5.74) is 7.74.